The number of hydrogen-bond donors (Lipinski definition) is 2. The van der Waals surface area contributed by atoms with Gasteiger partial charge in [-0.1, -0.05) is 6.07 Å². The Morgan fingerprint density at radius 1 is 1.26 bits per heavy atom. The zero-order chi connectivity index (χ0) is 13.7. The van der Waals surface area contributed by atoms with Crippen LogP contribution in [0, 0.1) is 0 Å². The van der Waals surface area contributed by atoms with Gasteiger partial charge in [-0.3, -0.25) is 11.3 Å². The van der Waals surface area contributed by atoms with Crippen LogP contribution < -0.4 is 20.7 Å². The van der Waals surface area contributed by atoms with Gasteiger partial charge in [0.15, 0.2) is 11.5 Å². The average molecular weight is 300 g/mol. The van der Waals surface area contributed by atoms with Gasteiger partial charge < -0.3 is 9.47 Å². The molecule has 0 aliphatic carbocycles. The highest BCUT2D eigenvalue weighted by atomic mass is 32.2. The van der Waals surface area contributed by atoms with Crippen molar-refractivity contribution >= 4 is 23.5 Å². The molecule has 2 atom stereocenters. The Bertz CT molecular complexity index is 412. The van der Waals surface area contributed by atoms with E-state index in [1.807, 2.05) is 41.7 Å². The lowest BCUT2D eigenvalue weighted by molar-refractivity contribution is 0.354. The summed E-state index contributed by atoms with van der Waals surface area (Å²) < 4.78 is 10.6. The number of nitrogens with one attached hydrogen (secondary N) is 1. The van der Waals surface area contributed by atoms with Gasteiger partial charge in [-0.15, -0.1) is 0 Å². The number of benzene rings is 1. The summed E-state index contributed by atoms with van der Waals surface area (Å²) in [5.74, 6) is 10.8. The molecule has 19 heavy (non-hydrogen) atoms. The van der Waals surface area contributed by atoms with Crippen LogP contribution in [0.25, 0.3) is 0 Å². The first-order chi connectivity index (χ1) is 9.30. The van der Waals surface area contributed by atoms with Crippen LogP contribution in [0.4, 0.5) is 0 Å². The molecule has 0 amide bonds. The Morgan fingerprint density at radius 2 is 2.05 bits per heavy atom. The summed E-state index contributed by atoms with van der Waals surface area (Å²) >= 11 is 3.97. The smallest absolute Gasteiger partial charge is 0.161 e. The van der Waals surface area contributed by atoms with E-state index in [4.69, 9.17) is 15.3 Å². The Morgan fingerprint density at radius 3 is 2.63 bits per heavy atom. The molecule has 1 aliphatic rings. The van der Waals surface area contributed by atoms with Gasteiger partial charge in [0.2, 0.25) is 0 Å². The average Bonchev–Trinajstić information content (AvgIpc) is 2.49. The number of ether oxygens (including phenoxy) is 2. The fraction of sp³-hybridized carbons (Fsp3) is 0.538. The Hall–Kier alpha value is -0.560. The molecule has 1 aliphatic heterocycles. The van der Waals surface area contributed by atoms with Gasteiger partial charge in [0.25, 0.3) is 0 Å². The lowest BCUT2D eigenvalue weighted by Gasteiger charge is -2.29. The third kappa shape index (κ3) is 3.51. The zero-order valence-electron chi connectivity index (χ0n) is 11.2. The van der Waals surface area contributed by atoms with Crippen LogP contribution in [0.5, 0.6) is 11.5 Å². The summed E-state index contributed by atoms with van der Waals surface area (Å²) in [5, 5.41) is 0.488. The molecule has 1 heterocycles. The Kier molecular flexibility index (Phi) is 5.69. The van der Waals surface area contributed by atoms with E-state index in [0.29, 0.717) is 5.25 Å². The van der Waals surface area contributed by atoms with E-state index in [1.54, 1.807) is 14.2 Å². The highest BCUT2D eigenvalue weighted by Crippen LogP contribution is 2.36. The second-order valence-electron chi connectivity index (χ2n) is 4.24. The molecule has 1 saturated heterocycles. The van der Waals surface area contributed by atoms with Crippen LogP contribution in [0.2, 0.25) is 0 Å². The number of methoxy groups -OCH3 is 2. The van der Waals surface area contributed by atoms with E-state index < -0.39 is 0 Å². The first-order valence-corrected chi connectivity index (χ1v) is 8.38. The monoisotopic (exact) mass is 300 g/mol. The summed E-state index contributed by atoms with van der Waals surface area (Å²) in [6.45, 7) is 0. The largest absolute Gasteiger partial charge is 0.493 e. The van der Waals surface area contributed by atoms with Crippen LogP contribution in [0.1, 0.15) is 11.6 Å². The van der Waals surface area contributed by atoms with Gasteiger partial charge in [0, 0.05) is 22.5 Å². The first-order valence-electron chi connectivity index (χ1n) is 6.17. The molecule has 0 spiro atoms. The molecule has 2 rings (SSSR count). The van der Waals surface area contributed by atoms with Crippen molar-refractivity contribution in [3.05, 3.63) is 23.8 Å². The molecule has 0 bridgehead atoms. The molecule has 1 aromatic rings. The molecule has 6 heteroatoms. The SMILES string of the molecule is COc1ccc(C(NN)C2CSCCS2)cc1OC. The highest BCUT2D eigenvalue weighted by Gasteiger charge is 2.25. The minimum Gasteiger partial charge on any atom is -0.493 e. The lowest BCUT2D eigenvalue weighted by atomic mass is 10.0. The standard InChI is InChI=1S/C13H20N2O2S2/c1-16-10-4-3-9(7-11(10)17-2)13(15-14)12-8-18-5-6-19-12/h3-4,7,12-13,15H,5-6,8,14H2,1-2H3. The van der Waals surface area contributed by atoms with Crippen LogP contribution in [0.3, 0.4) is 0 Å². The Balaban J connectivity index is 2.22. The minimum absolute atomic E-state index is 0.137. The number of rotatable bonds is 5. The molecule has 0 aromatic heterocycles. The van der Waals surface area contributed by atoms with Gasteiger partial charge >= 0.3 is 0 Å². The molecule has 4 nitrogen and oxygen atoms in total. The van der Waals surface area contributed by atoms with E-state index in [2.05, 4.69) is 5.43 Å². The van der Waals surface area contributed by atoms with Crippen LogP contribution in [-0.4, -0.2) is 36.7 Å². The topological polar surface area (TPSA) is 56.5 Å². The lowest BCUT2D eigenvalue weighted by Crippen LogP contribution is -2.37. The first kappa shape index (κ1) is 14.8. The van der Waals surface area contributed by atoms with Crippen LogP contribution in [0.15, 0.2) is 18.2 Å². The third-order valence-corrected chi connectivity index (χ3v) is 6.02. The summed E-state index contributed by atoms with van der Waals surface area (Å²) in [6, 6.07) is 6.12. The van der Waals surface area contributed by atoms with Crippen molar-refractivity contribution in [3.63, 3.8) is 0 Å². The van der Waals surface area contributed by atoms with Crippen molar-refractivity contribution in [2.75, 3.05) is 31.5 Å². The predicted molar refractivity (Wildman–Crippen MR) is 83.2 cm³/mol. The molecule has 1 fully saturated rings. The van der Waals surface area contributed by atoms with Crippen molar-refractivity contribution in [1.82, 2.24) is 5.43 Å². The molecular weight excluding hydrogens is 280 g/mol. The normalized spacial score (nSPS) is 20.9. The number of thioether (sulfide) groups is 2. The number of hydrazine groups is 1. The maximum absolute atomic E-state index is 5.75. The molecular formula is C13H20N2O2S2. The summed E-state index contributed by atoms with van der Waals surface area (Å²) in [4.78, 5) is 0. The number of hydrogen-bond acceptors (Lipinski definition) is 6. The maximum Gasteiger partial charge on any atom is 0.161 e. The van der Waals surface area contributed by atoms with Crippen molar-refractivity contribution in [3.8, 4) is 11.5 Å². The maximum atomic E-state index is 5.75. The molecule has 106 valence electrons. The Labute approximate surface area is 122 Å². The van der Waals surface area contributed by atoms with Gasteiger partial charge in [-0.25, -0.2) is 0 Å². The molecule has 0 saturated carbocycles. The van der Waals surface area contributed by atoms with E-state index in [1.165, 1.54) is 11.5 Å². The van der Waals surface area contributed by atoms with Crippen LogP contribution >= 0.6 is 23.5 Å². The van der Waals surface area contributed by atoms with Gasteiger partial charge in [0.1, 0.15) is 0 Å². The number of nitrogens with two attached hydrogens (primary N) is 1. The minimum atomic E-state index is 0.137. The molecule has 1 aromatic carbocycles. The summed E-state index contributed by atoms with van der Waals surface area (Å²) in [6.07, 6.45) is 0. The highest BCUT2D eigenvalue weighted by molar-refractivity contribution is 8.06. The fourth-order valence-electron chi connectivity index (χ4n) is 2.16. The van der Waals surface area contributed by atoms with Gasteiger partial charge in [-0.2, -0.15) is 23.5 Å². The van der Waals surface area contributed by atoms with Crippen molar-refractivity contribution in [2.24, 2.45) is 5.84 Å². The van der Waals surface area contributed by atoms with Crippen molar-refractivity contribution < 1.29 is 9.47 Å². The van der Waals surface area contributed by atoms with E-state index in [9.17, 15) is 0 Å². The second-order valence-corrected chi connectivity index (χ2v) is 6.74. The zero-order valence-corrected chi connectivity index (χ0v) is 12.9. The van der Waals surface area contributed by atoms with Gasteiger partial charge in [-0.05, 0) is 17.7 Å². The van der Waals surface area contributed by atoms with E-state index in [0.717, 1.165) is 22.8 Å². The molecule has 3 N–H and O–H groups in total. The van der Waals surface area contributed by atoms with Gasteiger partial charge in [0.05, 0.1) is 20.3 Å². The van der Waals surface area contributed by atoms with Crippen LogP contribution in [-0.2, 0) is 0 Å². The van der Waals surface area contributed by atoms with Crippen molar-refractivity contribution in [2.45, 2.75) is 11.3 Å². The quantitative estimate of drug-likeness (QED) is 0.641. The van der Waals surface area contributed by atoms with E-state index in [-0.39, 0.29) is 6.04 Å². The molecule has 0 radical (unpaired) electrons. The summed E-state index contributed by atoms with van der Waals surface area (Å²) in [5.41, 5.74) is 4.09. The van der Waals surface area contributed by atoms with E-state index >= 15 is 0 Å². The summed E-state index contributed by atoms with van der Waals surface area (Å²) in [7, 11) is 3.29. The fourth-order valence-corrected chi connectivity index (χ4v) is 5.02. The molecule has 2 unspecified atom stereocenters. The van der Waals surface area contributed by atoms with Crippen molar-refractivity contribution in [1.29, 1.82) is 0 Å². The second kappa shape index (κ2) is 7.28. The predicted octanol–water partition coefficient (Wildman–Crippen LogP) is 2.06. The third-order valence-electron chi connectivity index (χ3n) is 3.16.